The molecule has 1 aromatic carbocycles. The fourth-order valence-corrected chi connectivity index (χ4v) is 1.23. The molecular weight excluding hydrogens is 178 g/mol. The van der Waals surface area contributed by atoms with Crippen molar-refractivity contribution in [3.8, 4) is 0 Å². The Balaban J connectivity index is 2.84. The summed E-state index contributed by atoms with van der Waals surface area (Å²) in [5.74, 6) is -1.42. The third-order valence-electron chi connectivity index (χ3n) is 2.39. The quantitative estimate of drug-likeness (QED) is 0.768. The van der Waals surface area contributed by atoms with Crippen molar-refractivity contribution in [3.63, 3.8) is 0 Å². The van der Waals surface area contributed by atoms with Gasteiger partial charge in [-0.2, -0.15) is 0 Å². The van der Waals surface area contributed by atoms with Gasteiger partial charge in [-0.15, -0.1) is 0 Å². The number of aryl methyl sites for hydroxylation is 1. The van der Waals surface area contributed by atoms with E-state index in [1.807, 2.05) is 31.2 Å². The lowest BCUT2D eigenvalue weighted by molar-refractivity contribution is -0.141. The van der Waals surface area contributed by atoms with Gasteiger partial charge >= 0.3 is 5.97 Å². The maximum atomic E-state index is 10.7. The minimum Gasteiger partial charge on any atom is -0.481 e. The first-order valence-corrected chi connectivity index (χ1v) is 4.57. The standard InChI is InChI=1S/C11H15NO2/c1-7-3-5-9(6-4-7)10(12)8(2)11(13)14/h3-6,8,10H,12H2,1-2H3,(H,13,14). The van der Waals surface area contributed by atoms with E-state index in [-0.39, 0.29) is 0 Å². The van der Waals surface area contributed by atoms with Gasteiger partial charge in [-0.25, -0.2) is 0 Å². The molecule has 3 heteroatoms. The molecular formula is C11H15NO2. The van der Waals surface area contributed by atoms with Gasteiger partial charge in [0.15, 0.2) is 0 Å². The van der Waals surface area contributed by atoms with Crippen LogP contribution in [0.15, 0.2) is 24.3 Å². The van der Waals surface area contributed by atoms with Gasteiger partial charge in [0.25, 0.3) is 0 Å². The number of hydrogen-bond acceptors (Lipinski definition) is 2. The van der Waals surface area contributed by atoms with Gasteiger partial charge in [0.2, 0.25) is 0 Å². The lowest BCUT2D eigenvalue weighted by Crippen LogP contribution is -2.25. The molecule has 14 heavy (non-hydrogen) atoms. The summed E-state index contributed by atoms with van der Waals surface area (Å²) in [6.07, 6.45) is 0. The van der Waals surface area contributed by atoms with Crippen LogP contribution in [0.1, 0.15) is 24.1 Å². The number of nitrogens with two attached hydrogens (primary N) is 1. The molecule has 0 heterocycles. The van der Waals surface area contributed by atoms with Crippen LogP contribution in [0.2, 0.25) is 0 Å². The van der Waals surface area contributed by atoms with Crippen LogP contribution in [-0.2, 0) is 4.79 Å². The molecule has 0 amide bonds. The number of aliphatic carboxylic acids is 1. The van der Waals surface area contributed by atoms with Crippen LogP contribution in [-0.4, -0.2) is 11.1 Å². The van der Waals surface area contributed by atoms with Crippen molar-refractivity contribution in [2.24, 2.45) is 11.7 Å². The van der Waals surface area contributed by atoms with E-state index in [1.165, 1.54) is 0 Å². The van der Waals surface area contributed by atoms with Crippen LogP contribution in [0.3, 0.4) is 0 Å². The molecule has 0 saturated heterocycles. The molecule has 76 valence electrons. The maximum absolute atomic E-state index is 10.7. The summed E-state index contributed by atoms with van der Waals surface area (Å²) in [7, 11) is 0. The highest BCUT2D eigenvalue weighted by Gasteiger charge is 2.20. The average Bonchev–Trinajstić information content (AvgIpc) is 2.16. The smallest absolute Gasteiger partial charge is 0.308 e. The average molecular weight is 193 g/mol. The van der Waals surface area contributed by atoms with Crippen LogP contribution in [0.4, 0.5) is 0 Å². The molecule has 2 unspecified atom stereocenters. The third kappa shape index (κ3) is 2.33. The Labute approximate surface area is 83.6 Å². The summed E-state index contributed by atoms with van der Waals surface area (Å²) in [5, 5.41) is 8.79. The summed E-state index contributed by atoms with van der Waals surface area (Å²) >= 11 is 0. The number of rotatable bonds is 3. The molecule has 0 aromatic heterocycles. The topological polar surface area (TPSA) is 63.3 Å². The second-order valence-corrected chi connectivity index (χ2v) is 3.56. The predicted molar refractivity (Wildman–Crippen MR) is 54.9 cm³/mol. The summed E-state index contributed by atoms with van der Waals surface area (Å²) in [4.78, 5) is 10.7. The van der Waals surface area contributed by atoms with Crippen LogP contribution in [0, 0.1) is 12.8 Å². The number of carbonyl (C=O) groups is 1. The maximum Gasteiger partial charge on any atom is 0.308 e. The Kier molecular flexibility index (Phi) is 3.25. The zero-order chi connectivity index (χ0) is 10.7. The van der Waals surface area contributed by atoms with E-state index >= 15 is 0 Å². The highest BCUT2D eigenvalue weighted by Crippen LogP contribution is 2.19. The lowest BCUT2D eigenvalue weighted by Gasteiger charge is -2.16. The van der Waals surface area contributed by atoms with E-state index in [1.54, 1.807) is 6.92 Å². The highest BCUT2D eigenvalue weighted by atomic mass is 16.4. The molecule has 0 fully saturated rings. The molecule has 1 aromatic rings. The van der Waals surface area contributed by atoms with Gasteiger partial charge in [-0.1, -0.05) is 36.8 Å². The van der Waals surface area contributed by atoms with Gasteiger partial charge in [0.1, 0.15) is 0 Å². The number of carboxylic acids is 1. The Bertz CT molecular complexity index is 319. The molecule has 0 spiro atoms. The molecule has 2 atom stereocenters. The highest BCUT2D eigenvalue weighted by molar-refractivity contribution is 5.70. The van der Waals surface area contributed by atoms with Crippen molar-refractivity contribution in [1.29, 1.82) is 0 Å². The summed E-state index contributed by atoms with van der Waals surface area (Å²) in [6, 6.07) is 7.18. The van der Waals surface area contributed by atoms with Gasteiger partial charge in [0.05, 0.1) is 5.92 Å². The van der Waals surface area contributed by atoms with Crippen molar-refractivity contribution in [1.82, 2.24) is 0 Å². The molecule has 3 N–H and O–H groups in total. The second kappa shape index (κ2) is 4.24. The zero-order valence-corrected chi connectivity index (χ0v) is 8.40. The second-order valence-electron chi connectivity index (χ2n) is 3.56. The molecule has 0 aliphatic carbocycles. The Morgan fingerprint density at radius 1 is 1.36 bits per heavy atom. The largest absolute Gasteiger partial charge is 0.481 e. The Morgan fingerprint density at radius 2 is 1.86 bits per heavy atom. The van der Waals surface area contributed by atoms with Crippen molar-refractivity contribution >= 4 is 5.97 Å². The van der Waals surface area contributed by atoms with Gasteiger partial charge in [-0.3, -0.25) is 4.79 Å². The summed E-state index contributed by atoms with van der Waals surface area (Å²) in [5.41, 5.74) is 7.82. The van der Waals surface area contributed by atoms with E-state index in [4.69, 9.17) is 10.8 Å². The molecule has 0 saturated carbocycles. The summed E-state index contributed by atoms with van der Waals surface area (Å²) in [6.45, 7) is 3.60. The van der Waals surface area contributed by atoms with Crippen LogP contribution in [0.5, 0.6) is 0 Å². The third-order valence-corrected chi connectivity index (χ3v) is 2.39. The molecule has 0 radical (unpaired) electrons. The molecule has 0 aliphatic heterocycles. The Morgan fingerprint density at radius 3 is 2.29 bits per heavy atom. The van der Waals surface area contributed by atoms with E-state index in [0.717, 1.165) is 11.1 Å². The normalized spacial score (nSPS) is 14.8. The van der Waals surface area contributed by atoms with Gasteiger partial charge < -0.3 is 10.8 Å². The first-order valence-electron chi connectivity index (χ1n) is 4.57. The monoisotopic (exact) mass is 193 g/mol. The minimum absolute atomic E-state index is 0.437. The van der Waals surface area contributed by atoms with E-state index < -0.39 is 17.9 Å². The first kappa shape index (κ1) is 10.7. The molecule has 0 bridgehead atoms. The lowest BCUT2D eigenvalue weighted by atomic mass is 9.95. The van der Waals surface area contributed by atoms with Crippen LogP contribution < -0.4 is 5.73 Å². The molecule has 0 aliphatic rings. The van der Waals surface area contributed by atoms with Crippen LogP contribution in [0.25, 0.3) is 0 Å². The fourth-order valence-electron chi connectivity index (χ4n) is 1.23. The van der Waals surface area contributed by atoms with Crippen molar-refractivity contribution in [3.05, 3.63) is 35.4 Å². The van der Waals surface area contributed by atoms with Gasteiger partial charge in [-0.05, 0) is 12.5 Å². The SMILES string of the molecule is Cc1ccc(C(N)C(C)C(=O)O)cc1. The van der Waals surface area contributed by atoms with Crippen molar-refractivity contribution in [2.45, 2.75) is 19.9 Å². The van der Waals surface area contributed by atoms with E-state index in [9.17, 15) is 4.79 Å². The van der Waals surface area contributed by atoms with Gasteiger partial charge in [0, 0.05) is 6.04 Å². The number of carboxylic acid groups (broad SMARTS) is 1. The predicted octanol–water partition coefficient (Wildman–Crippen LogP) is 1.72. The van der Waals surface area contributed by atoms with E-state index in [0.29, 0.717) is 0 Å². The number of benzene rings is 1. The summed E-state index contributed by atoms with van der Waals surface area (Å²) < 4.78 is 0. The van der Waals surface area contributed by atoms with Crippen molar-refractivity contribution < 1.29 is 9.90 Å². The fraction of sp³-hybridized carbons (Fsp3) is 0.364. The first-order chi connectivity index (χ1) is 6.52. The molecule has 3 nitrogen and oxygen atoms in total. The minimum atomic E-state index is -0.863. The van der Waals surface area contributed by atoms with E-state index in [2.05, 4.69) is 0 Å². The number of hydrogen-bond donors (Lipinski definition) is 2. The molecule has 1 rings (SSSR count). The zero-order valence-electron chi connectivity index (χ0n) is 8.40. The Hall–Kier alpha value is -1.35. The van der Waals surface area contributed by atoms with Crippen molar-refractivity contribution in [2.75, 3.05) is 0 Å². The van der Waals surface area contributed by atoms with Crippen LogP contribution >= 0.6 is 0 Å².